The number of aliphatic hydroxyl groups excluding tert-OH is 2. The third-order valence-electron chi connectivity index (χ3n) is 4.76. The van der Waals surface area contributed by atoms with Crippen LogP contribution in [0.4, 0.5) is 17.6 Å². The minimum Gasteiger partial charge on any atom is -0.508 e. The van der Waals surface area contributed by atoms with Gasteiger partial charge in [-0.1, -0.05) is 11.6 Å². The van der Waals surface area contributed by atoms with Gasteiger partial charge >= 0.3 is 12.1 Å². The van der Waals surface area contributed by atoms with Crippen LogP contribution in [0, 0.1) is 5.92 Å². The molecular weight excluding hydrogens is 452 g/mol. The number of carboxylic acids is 1. The van der Waals surface area contributed by atoms with Crippen molar-refractivity contribution in [3.8, 4) is 5.75 Å². The first-order valence-corrected chi connectivity index (χ1v) is 9.41. The van der Waals surface area contributed by atoms with Crippen molar-refractivity contribution in [3.05, 3.63) is 28.3 Å². The van der Waals surface area contributed by atoms with Crippen LogP contribution in [0.1, 0.15) is 30.0 Å². The first-order chi connectivity index (χ1) is 14.3. The van der Waals surface area contributed by atoms with Crippen LogP contribution < -0.4 is 5.73 Å². The Labute approximate surface area is 179 Å². The summed E-state index contributed by atoms with van der Waals surface area (Å²) in [5.74, 6) is -3.33. The lowest BCUT2D eigenvalue weighted by atomic mass is 9.85. The molecule has 0 aliphatic carbocycles. The highest BCUT2D eigenvalue weighted by atomic mass is 35.5. The maximum Gasteiger partial charge on any atom is 0.490 e. The maximum absolute atomic E-state index is 12.8. The Balaban J connectivity index is 0.000000592. The summed E-state index contributed by atoms with van der Waals surface area (Å²) in [5.41, 5.74) is 6.90. The fraction of sp³-hybridized carbons (Fsp3) is 0.556. The molecule has 1 fully saturated rings. The second-order valence-corrected chi connectivity index (χ2v) is 7.23. The number of aliphatic carboxylic acids is 1. The van der Waals surface area contributed by atoms with Gasteiger partial charge in [0, 0.05) is 35.3 Å². The lowest BCUT2D eigenvalue weighted by molar-refractivity contribution is -0.192. The number of rotatable bonds is 5. The van der Waals surface area contributed by atoms with Crippen LogP contribution in [0.25, 0.3) is 0 Å². The Morgan fingerprint density at radius 3 is 2.19 bits per heavy atom. The molecule has 1 aliphatic rings. The van der Waals surface area contributed by atoms with Crippen LogP contribution in [0.3, 0.4) is 0 Å². The first-order valence-electron chi connectivity index (χ1n) is 9.04. The van der Waals surface area contributed by atoms with Crippen molar-refractivity contribution in [2.75, 3.05) is 19.7 Å². The van der Waals surface area contributed by atoms with Gasteiger partial charge in [-0.25, -0.2) is 9.18 Å². The predicted molar refractivity (Wildman–Crippen MR) is 101 cm³/mol. The Morgan fingerprint density at radius 1 is 1.26 bits per heavy atom. The molecule has 6 N–H and O–H groups in total. The largest absolute Gasteiger partial charge is 0.508 e. The van der Waals surface area contributed by atoms with E-state index in [1.165, 1.54) is 17.0 Å². The molecule has 13 heteroatoms. The Kier molecular flexibility index (Phi) is 9.94. The lowest BCUT2D eigenvalue weighted by Crippen LogP contribution is -2.46. The van der Waals surface area contributed by atoms with E-state index < -0.39 is 43.5 Å². The van der Waals surface area contributed by atoms with Crippen molar-refractivity contribution in [1.29, 1.82) is 0 Å². The molecule has 176 valence electrons. The molecule has 0 aromatic heterocycles. The number of phenols is 1. The van der Waals surface area contributed by atoms with Gasteiger partial charge < -0.3 is 31.1 Å². The van der Waals surface area contributed by atoms with Crippen molar-refractivity contribution < 1.29 is 47.6 Å². The van der Waals surface area contributed by atoms with Gasteiger partial charge in [-0.2, -0.15) is 13.2 Å². The Hall–Kier alpha value is -2.15. The fourth-order valence-corrected chi connectivity index (χ4v) is 3.23. The van der Waals surface area contributed by atoms with Crippen LogP contribution in [0.5, 0.6) is 5.75 Å². The molecule has 1 amide bonds. The van der Waals surface area contributed by atoms with Gasteiger partial charge in [0.15, 0.2) is 6.10 Å². The lowest BCUT2D eigenvalue weighted by Gasteiger charge is -2.35. The molecule has 1 aromatic rings. The van der Waals surface area contributed by atoms with Crippen LogP contribution in [-0.4, -0.2) is 69.2 Å². The van der Waals surface area contributed by atoms with Gasteiger partial charge in [-0.3, -0.25) is 4.79 Å². The topological polar surface area (TPSA) is 144 Å². The van der Waals surface area contributed by atoms with Gasteiger partial charge in [0.25, 0.3) is 5.91 Å². The Bertz CT molecular complexity index is 772. The van der Waals surface area contributed by atoms with Crippen molar-refractivity contribution in [2.45, 2.75) is 37.8 Å². The molecule has 0 spiro atoms. The number of carbonyl (C=O) groups excluding carboxylic acids is 1. The highest BCUT2D eigenvalue weighted by Gasteiger charge is 2.38. The number of nitrogens with zero attached hydrogens (tertiary/aromatic N) is 1. The third kappa shape index (κ3) is 7.49. The van der Waals surface area contributed by atoms with E-state index in [1.807, 2.05) is 0 Å². The highest BCUT2D eigenvalue weighted by Crippen LogP contribution is 2.36. The van der Waals surface area contributed by atoms with Crippen molar-refractivity contribution in [3.63, 3.8) is 0 Å². The zero-order valence-electron chi connectivity index (χ0n) is 16.1. The van der Waals surface area contributed by atoms with Gasteiger partial charge in [-0.05, 0) is 30.9 Å². The summed E-state index contributed by atoms with van der Waals surface area (Å²) in [4.78, 5) is 22.2. The number of hydrogen-bond donors (Lipinski definition) is 5. The van der Waals surface area contributed by atoms with Crippen LogP contribution in [-0.2, 0) is 16.3 Å². The Morgan fingerprint density at radius 2 is 1.77 bits per heavy atom. The van der Waals surface area contributed by atoms with Crippen LogP contribution in [0.2, 0.25) is 5.02 Å². The molecular formula is C18H23ClF4N2O6. The van der Waals surface area contributed by atoms with Crippen molar-refractivity contribution in [2.24, 2.45) is 11.7 Å². The number of amides is 1. The van der Waals surface area contributed by atoms with E-state index in [1.54, 1.807) is 0 Å². The summed E-state index contributed by atoms with van der Waals surface area (Å²) < 4.78 is 44.5. The average Bonchev–Trinajstić information content (AvgIpc) is 2.73. The summed E-state index contributed by atoms with van der Waals surface area (Å²) in [6.45, 7) is -0.558. The van der Waals surface area contributed by atoms with E-state index in [0.717, 1.165) is 0 Å². The van der Waals surface area contributed by atoms with Crippen LogP contribution >= 0.6 is 11.6 Å². The molecule has 2 atom stereocenters. The number of carboxylic acid groups (broad SMARTS) is 1. The van der Waals surface area contributed by atoms with E-state index in [2.05, 4.69) is 0 Å². The number of halogens is 5. The molecule has 1 aliphatic heterocycles. The van der Waals surface area contributed by atoms with E-state index in [-0.39, 0.29) is 22.3 Å². The first kappa shape index (κ1) is 26.9. The molecule has 2 rings (SSSR count). The number of nitrogens with two attached hydrogens (primary N) is 1. The molecule has 1 aromatic carbocycles. The van der Waals surface area contributed by atoms with E-state index in [9.17, 15) is 32.6 Å². The van der Waals surface area contributed by atoms with E-state index in [4.69, 9.17) is 32.3 Å². The smallest absolute Gasteiger partial charge is 0.490 e. The number of aromatic hydroxyl groups is 1. The minimum atomic E-state index is -5.08. The maximum atomic E-state index is 12.8. The quantitative estimate of drug-likeness (QED) is 0.409. The number of alkyl halides is 4. The standard InChI is InChI=1S/C16H22ClFN2O4.C2HF3O2/c17-12-6-11(13(22)5-10(12)7-18)15(19)9-1-3-20(4-2-9)16(24)14(23)8-21;3-2(4,5)1(6)7/h5-6,9,14-15,21-23H,1-4,7-8,19H2;(H,6,7)/t14-,15-;/m1./s1. The second-order valence-electron chi connectivity index (χ2n) is 6.83. The summed E-state index contributed by atoms with van der Waals surface area (Å²) in [6, 6.07) is 2.29. The van der Waals surface area contributed by atoms with Gasteiger partial charge in [-0.15, -0.1) is 0 Å². The second kappa shape index (κ2) is 11.5. The molecule has 1 saturated heterocycles. The number of likely N-dealkylation sites (tertiary alicyclic amines) is 1. The monoisotopic (exact) mass is 474 g/mol. The summed E-state index contributed by atoms with van der Waals surface area (Å²) in [7, 11) is 0. The van der Waals surface area contributed by atoms with Crippen molar-refractivity contribution in [1.82, 2.24) is 4.90 Å². The van der Waals surface area contributed by atoms with Crippen LogP contribution in [0.15, 0.2) is 12.1 Å². The number of piperidine rings is 1. The average molecular weight is 475 g/mol. The minimum absolute atomic E-state index is 0.0125. The molecule has 31 heavy (non-hydrogen) atoms. The van der Waals surface area contributed by atoms with Gasteiger partial charge in [0.2, 0.25) is 0 Å². The van der Waals surface area contributed by atoms with Crippen molar-refractivity contribution >= 4 is 23.5 Å². The van der Waals surface area contributed by atoms with Gasteiger partial charge in [0.05, 0.1) is 6.61 Å². The zero-order valence-corrected chi connectivity index (χ0v) is 16.9. The summed E-state index contributed by atoms with van der Waals surface area (Å²) in [5, 5.41) is 35.7. The number of carbonyl (C=O) groups is 2. The third-order valence-corrected chi connectivity index (χ3v) is 5.11. The summed E-state index contributed by atoms with van der Waals surface area (Å²) >= 11 is 5.99. The number of aliphatic hydroxyl groups is 2. The highest BCUT2D eigenvalue weighted by molar-refractivity contribution is 6.31. The number of hydrogen-bond acceptors (Lipinski definition) is 6. The molecule has 0 bridgehead atoms. The summed E-state index contributed by atoms with van der Waals surface area (Å²) in [6.07, 6.45) is -5.30. The molecule has 0 unspecified atom stereocenters. The van der Waals surface area contributed by atoms with E-state index in [0.29, 0.717) is 31.5 Å². The number of benzene rings is 1. The predicted octanol–water partition coefficient (Wildman–Crippen LogP) is 1.74. The normalized spacial score (nSPS) is 16.8. The fourth-order valence-electron chi connectivity index (χ4n) is 3.01. The molecule has 0 saturated carbocycles. The SMILES string of the molecule is N[C@@H](c1cc(Cl)c(CF)cc1O)C1CCN(C(=O)[C@H](O)CO)CC1.O=C(O)C(F)(F)F. The van der Waals surface area contributed by atoms with Gasteiger partial charge in [0.1, 0.15) is 12.4 Å². The molecule has 1 heterocycles. The molecule has 0 radical (unpaired) electrons. The van der Waals surface area contributed by atoms with E-state index >= 15 is 0 Å². The number of phenolic OH excluding ortho intramolecular Hbond substituents is 1. The molecule has 8 nitrogen and oxygen atoms in total. The zero-order chi connectivity index (χ0) is 23.9.